The van der Waals surface area contributed by atoms with Gasteiger partial charge in [0.2, 0.25) is 0 Å². The minimum atomic E-state index is -0.181. The third-order valence-corrected chi connectivity index (χ3v) is 4.41. The number of aromatic nitrogens is 2. The second kappa shape index (κ2) is 8.94. The number of amides is 1. The molecule has 1 heterocycles. The summed E-state index contributed by atoms with van der Waals surface area (Å²) in [6.07, 6.45) is 2.20. The quantitative estimate of drug-likeness (QED) is 0.626. The first-order valence-corrected chi connectivity index (χ1v) is 8.83. The maximum absolute atomic E-state index is 12.6. The largest absolute Gasteiger partial charge is 0.497 e. The smallest absolute Gasteiger partial charge is 0.255 e. The number of nitrogens with one attached hydrogen (secondary N) is 2. The summed E-state index contributed by atoms with van der Waals surface area (Å²) in [7, 11) is 4.81. The molecule has 0 atom stereocenters. The Morgan fingerprint density at radius 2 is 1.75 bits per heavy atom. The van der Waals surface area contributed by atoms with E-state index in [1.54, 1.807) is 21.3 Å². The van der Waals surface area contributed by atoms with Crippen LogP contribution >= 0.6 is 0 Å². The van der Waals surface area contributed by atoms with Gasteiger partial charge in [0.1, 0.15) is 5.75 Å². The molecule has 0 bridgehead atoms. The van der Waals surface area contributed by atoms with Crippen LogP contribution < -0.4 is 19.5 Å². The lowest BCUT2D eigenvalue weighted by molar-refractivity contribution is 0.0955. The van der Waals surface area contributed by atoms with E-state index < -0.39 is 0 Å². The van der Waals surface area contributed by atoms with Crippen molar-refractivity contribution in [1.29, 1.82) is 0 Å². The fraction of sp³-hybridized carbons (Fsp3) is 0.238. The molecule has 7 nitrogen and oxygen atoms in total. The summed E-state index contributed by atoms with van der Waals surface area (Å²) in [4.78, 5) is 12.6. The molecule has 0 spiro atoms. The lowest BCUT2D eigenvalue weighted by Gasteiger charge is -2.10. The van der Waals surface area contributed by atoms with Crippen molar-refractivity contribution in [3.63, 3.8) is 0 Å². The van der Waals surface area contributed by atoms with Gasteiger partial charge in [0.05, 0.1) is 38.8 Å². The summed E-state index contributed by atoms with van der Waals surface area (Å²) in [5, 5.41) is 9.85. The molecule has 1 amide bonds. The van der Waals surface area contributed by atoms with Gasteiger partial charge in [-0.2, -0.15) is 5.10 Å². The van der Waals surface area contributed by atoms with Crippen LogP contribution in [-0.2, 0) is 6.42 Å². The minimum Gasteiger partial charge on any atom is -0.497 e. The Labute approximate surface area is 163 Å². The van der Waals surface area contributed by atoms with Gasteiger partial charge in [-0.1, -0.05) is 6.07 Å². The fourth-order valence-electron chi connectivity index (χ4n) is 2.89. The summed E-state index contributed by atoms with van der Waals surface area (Å²) in [5.41, 5.74) is 3.08. The van der Waals surface area contributed by atoms with E-state index in [0.29, 0.717) is 35.7 Å². The number of hydrogen-bond acceptors (Lipinski definition) is 5. The van der Waals surface area contributed by atoms with Crippen molar-refractivity contribution in [3.05, 3.63) is 59.8 Å². The molecule has 0 fully saturated rings. The van der Waals surface area contributed by atoms with E-state index in [2.05, 4.69) is 15.5 Å². The van der Waals surface area contributed by atoms with Gasteiger partial charge in [-0.3, -0.25) is 9.89 Å². The fourth-order valence-corrected chi connectivity index (χ4v) is 2.89. The minimum absolute atomic E-state index is 0.181. The Bertz CT molecular complexity index is 935. The van der Waals surface area contributed by atoms with Crippen molar-refractivity contribution < 1.29 is 19.0 Å². The lowest BCUT2D eigenvalue weighted by Crippen LogP contribution is -2.25. The van der Waals surface area contributed by atoms with Crippen molar-refractivity contribution in [1.82, 2.24) is 15.5 Å². The molecule has 28 heavy (non-hydrogen) atoms. The van der Waals surface area contributed by atoms with Gasteiger partial charge in [-0.05, 0) is 48.4 Å². The molecule has 0 radical (unpaired) electrons. The van der Waals surface area contributed by atoms with Crippen molar-refractivity contribution in [2.75, 3.05) is 27.9 Å². The first-order chi connectivity index (χ1) is 13.7. The van der Waals surface area contributed by atoms with Gasteiger partial charge in [0.15, 0.2) is 11.5 Å². The molecule has 0 aliphatic heterocycles. The van der Waals surface area contributed by atoms with Crippen LogP contribution in [-0.4, -0.2) is 44.0 Å². The van der Waals surface area contributed by atoms with E-state index >= 15 is 0 Å². The molecule has 0 saturated carbocycles. The summed E-state index contributed by atoms with van der Waals surface area (Å²) >= 11 is 0. The number of carbonyl (C=O) groups excluding carboxylic acids is 1. The van der Waals surface area contributed by atoms with Crippen molar-refractivity contribution >= 4 is 5.91 Å². The molecular weight excluding hydrogens is 358 g/mol. The van der Waals surface area contributed by atoms with E-state index in [1.165, 1.54) is 6.20 Å². The Balaban J connectivity index is 1.64. The standard InChI is InChI=1S/C21H23N3O4/c1-26-16-7-5-15(6-8-16)20-17(13-23-24-20)21(25)22-11-10-14-4-9-18(27-2)19(12-14)28-3/h4-9,12-13H,10-11H2,1-3H3,(H,22,25)(H,23,24). The highest BCUT2D eigenvalue weighted by Crippen LogP contribution is 2.27. The van der Waals surface area contributed by atoms with E-state index in [0.717, 1.165) is 16.9 Å². The van der Waals surface area contributed by atoms with Crippen molar-refractivity contribution in [2.24, 2.45) is 0 Å². The normalized spacial score (nSPS) is 10.4. The maximum atomic E-state index is 12.6. The molecule has 0 aliphatic rings. The molecule has 7 heteroatoms. The predicted octanol–water partition coefficient (Wildman–Crippen LogP) is 3.08. The van der Waals surface area contributed by atoms with Crippen LogP contribution in [0.4, 0.5) is 0 Å². The second-order valence-corrected chi connectivity index (χ2v) is 6.08. The number of nitrogens with zero attached hydrogens (tertiary/aromatic N) is 1. The maximum Gasteiger partial charge on any atom is 0.255 e. The van der Waals surface area contributed by atoms with E-state index in [1.807, 2.05) is 42.5 Å². The van der Waals surface area contributed by atoms with Crippen LogP contribution in [0.2, 0.25) is 0 Å². The second-order valence-electron chi connectivity index (χ2n) is 6.08. The van der Waals surface area contributed by atoms with E-state index in [-0.39, 0.29) is 5.91 Å². The Kier molecular flexibility index (Phi) is 6.16. The van der Waals surface area contributed by atoms with Gasteiger partial charge >= 0.3 is 0 Å². The van der Waals surface area contributed by atoms with E-state index in [4.69, 9.17) is 14.2 Å². The van der Waals surface area contributed by atoms with Gasteiger partial charge in [0.25, 0.3) is 5.91 Å². The highest BCUT2D eigenvalue weighted by atomic mass is 16.5. The molecule has 2 N–H and O–H groups in total. The molecule has 3 aromatic rings. The number of benzene rings is 2. The summed E-state index contributed by atoms with van der Waals surface area (Å²) in [5.74, 6) is 1.92. The summed E-state index contributed by atoms with van der Waals surface area (Å²) in [6, 6.07) is 13.2. The first kappa shape index (κ1) is 19.3. The average molecular weight is 381 g/mol. The summed E-state index contributed by atoms with van der Waals surface area (Å²) < 4.78 is 15.7. The van der Waals surface area contributed by atoms with Crippen LogP contribution in [0, 0.1) is 0 Å². The van der Waals surface area contributed by atoms with Crippen LogP contribution in [0.3, 0.4) is 0 Å². The molecular formula is C21H23N3O4. The molecule has 3 rings (SSSR count). The third-order valence-electron chi connectivity index (χ3n) is 4.41. The molecule has 2 aromatic carbocycles. The predicted molar refractivity (Wildman–Crippen MR) is 106 cm³/mol. The number of hydrogen-bond donors (Lipinski definition) is 2. The summed E-state index contributed by atoms with van der Waals surface area (Å²) in [6.45, 7) is 0.488. The Morgan fingerprint density at radius 1 is 1.00 bits per heavy atom. The first-order valence-electron chi connectivity index (χ1n) is 8.83. The van der Waals surface area contributed by atoms with Gasteiger partial charge in [0, 0.05) is 12.1 Å². The van der Waals surface area contributed by atoms with Gasteiger partial charge in [-0.15, -0.1) is 0 Å². The molecule has 0 aliphatic carbocycles. The van der Waals surface area contributed by atoms with Crippen LogP contribution in [0.1, 0.15) is 15.9 Å². The topological polar surface area (TPSA) is 85.5 Å². The van der Waals surface area contributed by atoms with Crippen LogP contribution in [0.5, 0.6) is 17.2 Å². The zero-order chi connectivity index (χ0) is 19.9. The number of ether oxygens (including phenoxy) is 3. The highest BCUT2D eigenvalue weighted by Gasteiger charge is 2.15. The van der Waals surface area contributed by atoms with Crippen molar-refractivity contribution in [3.8, 4) is 28.5 Å². The van der Waals surface area contributed by atoms with Crippen LogP contribution in [0.25, 0.3) is 11.3 Å². The van der Waals surface area contributed by atoms with Crippen LogP contribution in [0.15, 0.2) is 48.7 Å². The zero-order valence-electron chi connectivity index (χ0n) is 16.1. The number of rotatable bonds is 8. The van der Waals surface area contributed by atoms with E-state index in [9.17, 15) is 4.79 Å². The Hall–Kier alpha value is -3.48. The molecule has 1 aromatic heterocycles. The number of H-pyrrole nitrogens is 1. The third kappa shape index (κ3) is 4.25. The molecule has 146 valence electrons. The van der Waals surface area contributed by atoms with Crippen molar-refractivity contribution in [2.45, 2.75) is 6.42 Å². The molecule has 0 saturated heterocycles. The lowest BCUT2D eigenvalue weighted by atomic mass is 10.1. The highest BCUT2D eigenvalue weighted by molar-refractivity contribution is 5.99. The number of aromatic amines is 1. The Morgan fingerprint density at radius 3 is 2.43 bits per heavy atom. The molecule has 0 unspecified atom stereocenters. The average Bonchev–Trinajstić information content (AvgIpc) is 3.23. The zero-order valence-corrected chi connectivity index (χ0v) is 16.1. The SMILES string of the molecule is COc1ccc(-c2[nH]ncc2C(=O)NCCc2ccc(OC)c(OC)c2)cc1. The van der Waals surface area contributed by atoms with Gasteiger partial charge < -0.3 is 19.5 Å². The number of methoxy groups -OCH3 is 3. The number of carbonyl (C=O) groups is 1. The monoisotopic (exact) mass is 381 g/mol. The van der Waals surface area contributed by atoms with Gasteiger partial charge in [-0.25, -0.2) is 0 Å².